The van der Waals surface area contributed by atoms with Gasteiger partial charge in [0, 0.05) is 38.9 Å². The Morgan fingerprint density at radius 2 is 1.26 bits per heavy atom. The Bertz CT molecular complexity index is 3040. The molecule has 5 aliphatic rings. The Morgan fingerprint density at radius 3 is 1.87 bits per heavy atom. The molecule has 2 aromatic heterocycles. The highest BCUT2D eigenvalue weighted by molar-refractivity contribution is 5.94. The van der Waals surface area contributed by atoms with Crippen molar-refractivity contribution in [2.75, 3.05) is 40.6 Å². The fourth-order valence-electron chi connectivity index (χ4n) is 11.6. The quantitative estimate of drug-likeness (QED) is 0.0709. The first-order chi connectivity index (χ1) is 34.0. The average Bonchev–Trinajstić information content (AvgIpc) is 3.84. The minimum Gasteiger partial charge on any atom is -0.453 e. The third-order valence-corrected chi connectivity index (χ3v) is 15.8. The van der Waals surface area contributed by atoms with Crippen LogP contribution in [-0.2, 0) is 35.0 Å². The van der Waals surface area contributed by atoms with Crippen LogP contribution in [-0.4, -0.2) is 114 Å². The summed E-state index contributed by atoms with van der Waals surface area (Å²) < 4.78 is 20.8. The number of carbonyl (C=O) groups is 4. The third-order valence-electron chi connectivity index (χ3n) is 15.8. The van der Waals surface area contributed by atoms with E-state index in [1.54, 1.807) is 0 Å². The van der Waals surface area contributed by atoms with Gasteiger partial charge in [-0.05, 0) is 150 Å². The number of nitrogens with zero attached hydrogens (tertiary/aromatic N) is 3. The van der Waals surface area contributed by atoms with Crippen molar-refractivity contribution in [3.05, 3.63) is 95.6 Å². The number of likely N-dealkylation sites (tertiary alicyclic amines) is 1. The highest BCUT2D eigenvalue weighted by atomic mass is 16.5. The van der Waals surface area contributed by atoms with E-state index in [-0.39, 0.29) is 41.8 Å². The molecule has 70 heavy (non-hydrogen) atoms. The second kappa shape index (κ2) is 18.9. The second-order valence-corrected chi connectivity index (χ2v) is 19.8. The maximum atomic E-state index is 14.5. The number of alkyl carbamates (subject to hydrolysis) is 2. The molecule has 4 aromatic carbocycles. The van der Waals surface area contributed by atoms with Gasteiger partial charge in [0.05, 0.1) is 48.4 Å². The molecule has 364 valence electrons. The molecule has 16 heteroatoms. The van der Waals surface area contributed by atoms with E-state index in [1.165, 1.54) is 19.8 Å². The Balaban J connectivity index is 0.750. The van der Waals surface area contributed by atoms with Crippen molar-refractivity contribution >= 4 is 56.8 Å². The molecule has 4 fully saturated rings. The first-order valence-corrected chi connectivity index (χ1v) is 24.7. The lowest BCUT2D eigenvalue weighted by Crippen LogP contribution is -2.54. The van der Waals surface area contributed by atoms with Crippen molar-refractivity contribution in [2.45, 2.75) is 89.0 Å². The number of benzene rings is 4. The van der Waals surface area contributed by atoms with E-state index in [4.69, 9.17) is 28.9 Å². The van der Waals surface area contributed by atoms with Crippen LogP contribution in [0.1, 0.15) is 70.1 Å². The largest absolute Gasteiger partial charge is 0.453 e. The molecule has 0 bridgehead atoms. The number of imidazole rings is 2. The molecule has 6 aromatic rings. The van der Waals surface area contributed by atoms with E-state index < -0.39 is 24.3 Å². The van der Waals surface area contributed by atoms with E-state index >= 15 is 0 Å². The molecule has 3 saturated heterocycles. The lowest BCUT2D eigenvalue weighted by atomic mass is 9.90. The normalized spacial score (nSPS) is 23.3. The highest BCUT2D eigenvalue weighted by Gasteiger charge is 2.62. The summed E-state index contributed by atoms with van der Waals surface area (Å²) in [5.41, 5.74) is 10.3. The molecule has 5 heterocycles. The molecule has 1 saturated carbocycles. The number of H-pyrrole nitrogens is 2. The standard InChI is InChI=1S/C54H60N8O8/c1-28-38(46(28)59-51(63)47(60-53(65)67-3)30-15-19-69-20-16-30)11-14-45-55-40-12-9-36(25-42(40)56-45)34-7-5-33-24-35(8-6-32(33)23-34)37-10-13-41-43(26-37)58-50(57-41)44-27-39-29(2)49(39)62(44)52(64)48(61-54(66)68-4)31-17-21-70-22-18-31/h5-10,12-13,23-26,29-31,39,44,46-49H,11,14-22,27H2,1-4H3,(H,55,56)(H,57,58)(H,59,63)(H,60,65)(H,61,66). The minimum absolute atomic E-state index is 0.0155. The van der Waals surface area contributed by atoms with Gasteiger partial charge in [-0.25, -0.2) is 19.6 Å². The predicted molar refractivity (Wildman–Crippen MR) is 263 cm³/mol. The number of aromatic nitrogens is 4. The fraction of sp³-hybridized carbons (Fsp3) is 0.444. The number of rotatable bonds is 13. The summed E-state index contributed by atoms with van der Waals surface area (Å²) in [6, 6.07) is 24.1. The summed E-state index contributed by atoms with van der Waals surface area (Å²) in [6.45, 7) is 6.49. The topological polar surface area (TPSA) is 202 Å². The lowest BCUT2D eigenvalue weighted by molar-refractivity contribution is -0.138. The lowest BCUT2D eigenvalue weighted by Gasteiger charge is -2.35. The molecule has 2 aliphatic carbocycles. The number of ether oxygens (including phenoxy) is 4. The predicted octanol–water partition coefficient (Wildman–Crippen LogP) is 7.88. The van der Waals surface area contributed by atoms with Gasteiger partial charge in [-0.2, -0.15) is 0 Å². The van der Waals surface area contributed by atoms with Crippen LogP contribution in [0.5, 0.6) is 0 Å². The number of hydrogen-bond acceptors (Lipinski definition) is 10. The molecule has 7 atom stereocenters. The van der Waals surface area contributed by atoms with E-state index in [2.05, 4.69) is 99.6 Å². The molecule has 16 nitrogen and oxygen atoms in total. The van der Waals surface area contributed by atoms with Crippen molar-refractivity contribution in [3.63, 3.8) is 0 Å². The third kappa shape index (κ3) is 8.87. The van der Waals surface area contributed by atoms with Crippen molar-refractivity contribution < 1.29 is 38.1 Å². The maximum absolute atomic E-state index is 14.5. The van der Waals surface area contributed by atoms with Crippen molar-refractivity contribution in [1.82, 2.24) is 40.8 Å². The molecule has 11 rings (SSSR count). The van der Waals surface area contributed by atoms with Crippen LogP contribution in [0.25, 0.3) is 55.1 Å². The summed E-state index contributed by atoms with van der Waals surface area (Å²) >= 11 is 0. The zero-order chi connectivity index (χ0) is 48.2. The number of nitrogens with one attached hydrogen (secondary N) is 5. The van der Waals surface area contributed by atoms with Crippen LogP contribution in [0.3, 0.4) is 0 Å². The number of piperidine rings is 1. The fourth-order valence-corrected chi connectivity index (χ4v) is 11.6. The van der Waals surface area contributed by atoms with Gasteiger partial charge in [0.1, 0.15) is 23.7 Å². The van der Waals surface area contributed by atoms with Gasteiger partial charge < -0.3 is 49.8 Å². The number of fused-ring (bicyclic) bond motifs is 4. The molecule has 0 radical (unpaired) electrons. The molecule has 4 amide bonds. The zero-order valence-corrected chi connectivity index (χ0v) is 40.0. The summed E-state index contributed by atoms with van der Waals surface area (Å²) in [7, 11) is 2.63. The van der Waals surface area contributed by atoms with E-state index in [0.717, 1.165) is 85.2 Å². The van der Waals surface area contributed by atoms with Crippen molar-refractivity contribution in [3.8, 4) is 22.3 Å². The van der Waals surface area contributed by atoms with Crippen LogP contribution in [0.15, 0.2) is 83.9 Å². The molecular weight excluding hydrogens is 889 g/mol. The van der Waals surface area contributed by atoms with E-state index in [0.29, 0.717) is 70.4 Å². The van der Waals surface area contributed by atoms with Gasteiger partial charge in [-0.3, -0.25) is 9.59 Å². The Hall–Kier alpha value is -6.78. The first kappa shape index (κ1) is 45.7. The Labute approximate surface area is 405 Å². The number of amides is 4. The van der Waals surface area contributed by atoms with Gasteiger partial charge >= 0.3 is 12.2 Å². The minimum atomic E-state index is -0.688. The first-order valence-electron chi connectivity index (χ1n) is 24.7. The van der Waals surface area contributed by atoms with E-state index in [9.17, 15) is 19.2 Å². The number of aryl methyl sites for hydroxylation is 1. The number of carbonyl (C=O) groups excluding carboxylic acids is 4. The van der Waals surface area contributed by atoms with E-state index in [1.807, 2.05) is 17.9 Å². The van der Waals surface area contributed by atoms with Gasteiger partial charge in [0.2, 0.25) is 11.8 Å². The number of methoxy groups -OCH3 is 2. The molecule has 7 unspecified atom stereocenters. The highest BCUT2D eigenvalue weighted by Crippen LogP contribution is 2.58. The van der Waals surface area contributed by atoms with Crippen LogP contribution in [0.4, 0.5) is 9.59 Å². The van der Waals surface area contributed by atoms with Crippen molar-refractivity contribution in [1.29, 1.82) is 0 Å². The number of hydrogen-bond donors (Lipinski definition) is 5. The monoisotopic (exact) mass is 948 g/mol. The Kier molecular flexibility index (Phi) is 12.3. The zero-order valence-electron chi connectivity index (χ0n) is 40.0. The maximum Gasteiger partial charge on any atom is 0.407 e. The van der Waals surface area contributed by atoms with Gasteiger partial charge in [0.25, 0.3) is 0 Å². The van der Waals surface area contributed by atoms with Crippen molar-refractivity contribution in [2.24, 2.45) is 23.7 Å². The van der Waals surface area contributed by atoms with Gasteiger partial charge in [0.15, 0.2) is 0 Å². The van der Waals surface area contributed by atoms with Crippen LogP contribution < -0.4 is 16.0 Å². The summed E-state index contributed by atoms with van der Waals surface area (Å²) in [4.78, 5) is 71.6. The van der Waals surface area contributed by atoms with Gasteiger partial charge in [-0.1, -0.05) is 43.3 Å². The Morgan fingerprint density at radius 1 is 0.714 bits per heavy atom. The molecule has 3 aliphatic heterocycles. The molecule has 0 spiro atoms. The molecular formula is C54H60N8O8. The second-order valence-electron chi connectivity index (χ2n) is 19.8. The van der Waals surface area contributed by atoms with Crippen LogP contribution in [0.2, 0.25) is 0 Å². The summed E-state index contributed by atoms with van der Waals surface area (Å²) in [6.07, 6.45) is 3.87. The van der Waals surface area contributed by atoms with Gasteiger partial charge in [-0.15, -0.1) is 0 Å². The summed E-state index contributed by atoms with van der Waals surface area (Å²) in [5.74, 6) is 2.14. The smallest absolute Gasteiger partial charge is 0.407 e. The number of aromatic amines is 2. The van der Waals surface area contributed by atoms with Crippen LogP contribution >= 0.6 is 0 Å². The van der Waals surface area contributed by atoms with Crippen LogP contribution in [0, 0.1) is 23.7 Å². The molecule has 5 N–H and O–H groups in total. The SMILES string of the molecule is COC(=O)NC(C(=O)NC1C(C)=C1CCc1nc2ccc(-c3ccc4cc(-c5ccc6nc(C7CC8C(C)C8N7C(=O)C(NC(=O)OC)C7CCOCC7)[nH]c6c5)ccc4c3)cc2[nH]1)C1CCOCC1. The summed E-state index contributed by atoms with van der Waals surface area (Å²) in [5, 5.41) is 11.0. The average molecular weight is 949 g/mol.